The maximum absolute atomic E-state index is 11.4. The normalized spacial score (nSPS) is 17.1. The molecule has 2 aromatic rings. The summed E-state index contributed by atoms with van der Waals surface area (Å²) < 4.78 is 50.8. The smallest absolute Gasteiger partial charge is 0.229 e. The molecule has 0 heterocycles. The first-order chi connectivity index (χ1) is 13.1. The van der Waals surface area contributed by atoms with Crippen LogP contribution in [-0.2, 0) is 25.5 Å². The van der Waals surface area contributed by atoms with E-state index in [-0.39, 0.29) is 5.41 Å². The Hall–Kier alpha value is -2.06. The Morgan fingerprint density at radius 3 is 1.32 bits per heavy atom. The summed E-state index contributed by atoms with van der Waals surface area (Å²) in [7, 11) is -6.62. The fourth-order valence-corrected chi connectivity index (χ4v) is 5.17. The minimum atomic E-state index is -3.31. The average molecular weight is 423 g/mol. The second-order valence-corrected chi connectivity index (χ2v) is 11.0. The lowest BCUT2D eigenvalue weighted by atomic mass is 9.65. The Labute approximate surface area is 167 Å². The van der Waals surface area contributed by atoms with Gasteiger partial charge in [-0.1, -0.05) is 43.5 Å². The van der Waals surface area contributed by atoms with Crippen molar-refractivity contribution < 1.29 is 16.8 Å². The van der Waals surface area contributed by atoms with Gasteiger partial charge in [0, 0.05) is 16.8 Å². The van der Waals surface area contributed by atoms with Crippen molar-refractivity contribution in [3.63, 3.8) is 0 Å². The van der Waals surface area contributed by atoms with Gasteiger partial charge in [-0.25, -0.2) is 16.8 Å². The lowest BCUT2D eigenvalue weighted by molar-refractivity contribution is 0.346. The summed E-state index contributed by atoms with van der Waals surface area (Å²) >= 11 is 0. The summed E-state index contributed by atoms with van der Waals surface area (Å²) in [6.07, 6.45) is 7.71. The predicted molar refractivity (Wildman–Crippen MR) is 114 cm³/mol. The molecular weight excluding hydrogens is 396 g/mol. The molecule has 1 aliphatic carbocycles. The summed E-state index contributed by atoms with van der Waals surface area (Å²) in [6, 6.07) is 15.1. The number of benzene rings is 2. The third kappa shape index (κ3) is 5.05. The number of rotatable bonds is 6. The Morgan fingerprint density at radius 2 is 1.00 bits per heavy atom. The van der Waals surface area contributed by atoms with E-state index < -0.39 is 20.0 Å². The van der Waals surface area contributed by atoms with Gasteiger partial charge in [-0.3, -0.25) is 9.44 Å². The third-order valence-electron chi connectivity index (χ3n) is 5.19. The van der Waals surface area contributed by atoms with Crippen LogP contribution >= 0.6 is 0 Å². The molecule has 0 radical (unpaired) electrons. The molecule has 0 spiro atoms. The van der Waals surface area contributed by atoms with E-state index in [1.165, 1.54) is 6.42 Å². The summed E-state index contributed by atoms with van der Waals surface area (Å²) in [5.74, 6) is 0. The monoisotopic (exact) mass is 422 g/mol. The van der Waals surface area contributed by atoms with E-state index in [9.17, 15) is 16.8 Å². The molecule has 0 amide bonds. The Morgan fingerprint density at radius 1 is 0.643 bits per heavy atom. The lowest BCUT2D eigenvalue weighted by Crippen LogP contribution is -2.30. The predicted octanol–water partition coefficient (Wildman–Crippen LogP) is 3.68. The highest BCUT2D eigenvalue weighted by molar-refractivity contribution is 7.92. The maximum Gasteiger partial charge on any atom is 0.229 e. The van der Waals surface area contributed by atoms with Crippen molar-refractivity contribution >= 4 is 31.4 Å². The van der Waals surface area contributed by atoms with E-state index in [0.717, 1.165) is 49.3 Å². The average Bonchev–Trinajstić information content (AvgIpc) is 2.61. The first-order valence-electron chi connectivity index (χ1n) is 9.24. The minimum absolute atomic E-state index is 0.147. The van der Waals surface area contributed by atoms with Gasteiger partial charge in [0.2, 0.25) is 20.0 Å². The molecule has 0 bridgehead atoms. The Kier molecular flexibility index (Phi) is 5.72. The Balaban J connectivity index is 1.95. The number of nitrogens with one attached hydrogen (secondary N) is 2. The molecule has 0 aliphatic heterocycles. The number of hydrogen-bond acceptors (Lipinski definition) is 4. The minimum Gasteiger partial charge on any atom is -0.284 e. The van der Waals surface area contributed by atoms with Gasteiger partial charge in [0.25, 0.3) is 0 Å². The van der Waals surface area contributed by atoms with Crippen LogP contribution in [0.5, 0.6) is 0 Å². The van der Waals surface area contributed by atoms with Crippen molar-refractivity contribution in [2.24, 2.45) is 0 Å². The van der Waals surface area contributed by atoms with Gasteiger partial charge in [0.15, 0.2) is 0 Å². The van der Waals surface area contributed by atoms with Gasteiger partial charge in [0.1, 0.15) is 0 Å². The SMILES string of the molecule is CS(=O)(=O)Nc1ccc(C2(c3ccc(NS(C)(=O)=O)cc3)CCCCC2)cc1. The molecule has 8 heteroatoms. The molecule has 0 atom stereocenters. The van der Waals surface area contributed by atoms with Crippen molar-refractivity contribution in [1.82, 2.24) is 0 Å². The van der Waals surface area contributed by atoms with Crippen LogP contribution in [0.15, 0.2) is 48.5 Å². The summed E-state index contributed by atoms with van der Waals surface area (Å²) in [4.78, 5) is 0. The van der Waals surface area contributed by atoms with Crippen molar-refractivity contribution in [1.29, 1.82) is 0 Å². The highest BCUT2D eigenvalue weighted by atomic mass is 32.2. The first-order valence-corrected chi connectivity index (χ1v) is 13.0. The zero-order valence-corrected chi connectivity index (χ0v) is 17.7. The van der Waals surface area contributed by atoms with E-state index in [0.29, 0.717) is 11.4 Å². The topological polar surface area (TPSA) is 92.3 Å². The molecule has 2 N–H and O–H groups in total. The van der Waals surface area contributed by atoms with Gasteiger partial charge < -0.3 is 0 Å². The van der Waals surface area contributed by atoms with Crippen LogP contribution in [0, 0.1) is 0 Å². The van der Waals surface area contributed by atoms with Crippen molar-refractivity contribution in [2.75, 3.05) is 22.0 Å². The molecular formula is C20H26N2O4S2. The second kappa shape index (κ2) is 7.75. The van der Waals surface area contributed by atoms with Gasteiger partial charge in [-0.2, -0.15) is 0 Å². The zero-order chi connectivity index (χ0) is 20.4. The van der Waals surface area contributed by atoms with Crippen molar-refractivity contribution in [3.8, 4) is 0 Å². The van der Waals surface area contributed by atoms with Crippen molar-refractivity contribution in [3.05, 3.63) is 59.7 Å². The number of sulfonamides is 2. The van der Waals surface area contributed by atoms with E-state index in [1.807, 2.05) is 24.3 Å². The summed E-state index contributed by atoms with van der Waals surface area (Å²) in [5, 5.41) is 0. The molecule has 0 unspecified atom stereocenters. The van der Waals surface area contributed by atoms with Gasteiger partial charge in [-0.15, -0.1) is 0 Å². The van der Waals surface area contributed by atoms with Crippen LogP contribution in [0.25, 0.3) is 0 Å². The molecule has 2 aromatic carbocycles. The zero-order valence-electron chi connectivity index (χ0n) is 16.1. The number of hydrogen-bond donors (Lipinski definition) is 2. The summed E-state index contributed by atoms with van der Waals surface area (Å²) in [6.45, 7) is 0. The molecule has 3 rings (SSSR count). The standard InChI is InChI=1S/C20H26N2O4S2/c1-27(23,24)21-18-10-6-16(7-11-18)20(14-4-3-5-15-20)17-8-12-19(13-9-17)22-28(2,25)26/h6-13,21-22H,3-5,14-15H2,1-2H3. The van der Waals surface area contributed by atoms with E-state index in [1.54, 1.807) is 24.3 Å². The van der Waals surface area contributed by atoms with E-state index >= 15 is 0 Å². The van der Waals surface area contributed by atoms with Crippen LogP contribution in [0.4, 0.5) is 11.4 Å². The Bertz CT molecular complexity index is 943. The molecule has 28 heavy (non-hydrogen) atoms. The van der Waals surface area contributed by atoms with Gasteiger partial charge in [0.05, 0.1) is 12.5 Å². The molecule has 1 saturated carbocycles. The second-order valence-electron chi connectivity index (χ2n) is 7.55. The molecule has 152 valence electrons. The largest absolute Gasteiger partial charge is 0.284 e. The fraction of sp³-hybridized carbons (Fsp3) is 0.400. The molecule has 1 fully saturated rings. The van der Waals surface area contributed by atoms with E-state index in [2.05, 4.69) is 9.44 Å². The summed E-state index contributed by atoms with van der Waals surface area (Å²) in [5.41, 5.74) is 3.24. The van der Waals surface area contributed by atoms with Gasteiger partial charge >= 0.3 is 0 Å². The van der Waals surface area contributed by atoms with Crippen LogP contribution in [0.1, 0.15) is 43.2 Å². The quantitative estimate of drug-likeness (QED) is 0.743. The molecule has 0 aromatic heterocycles. The van der Waals surface area contributed by atoms with Crippen LogP contribution in [0.3, 0.4) is 0 Å². The molecule has 6 nitrogen and oxygen atoms in total. The maximum atomic E-state index is 11.4. The fourth-order valence-electron chi connectivity index (χ4n) is 4.04. The van der Waals surface area contributed by atoms with Crippen LogP contribution in [-0.4, -0.2) is 29.3 Å². The van der Waals surface area contributed by atoms with Crippen LogP contribution < -0.4 is 9.44 Å². The van der Waals surface area contributed by atoms with Crippen LogP contribution in [0.2, 0.25) is 0 Å². The first kappa shape index (κ1) is 20.7. The molecule has 0 saturated heterocycles. The van der Waals surface area contributed by atoms with Gasteiger partial charge in [-0.05, 0) is 48.2 Å². The van der Waals surface area contributed by atoms with Crippen molar-refractivity contribution in [2.45, 2.75) is 37.5 Å². The molecule has 1 aliphatic rings. The van der Waals surface area contributed by atoms with E-state index in [4.69, 9.17) is 0 Å². The number of anilines is 2. The highest BCUT2D eigenvalue weighted by Gasteiger charge is 2.35. The highest BCUT2D eigenvalue weighted by Crippen LogP contribution is 2.45. The lowest BCUT2D eigenvalue weighted by Gasteiger charge is -2.39. The third-order valence-corrected chi connectivity index (χ3v) is 6.40.